The molecule has 0 atom stereocenters. The molecule has 0 spiro atoms. The van der Waals surface area contributed by atoms with Crippen molar-refractivity contribution >= 4 is 23.5 Å². The van der Waals surface area contributed by atoms with E-state index in [0.29, 0.717) is 0 Å². The Bertz CT molecular complexity index is 594. The number of phenols is 2. The molecule has 1 aromatic carbocycles. The van der Waals surface area contributed by atoms with Gasteiger partial charge in [0.05, 0.1) is 0 Å². The topological polar surface area (TPSA) is 156 Å². The van der Waals surface area contributed by atoms with Crippen molar-refractivity contribution in [2.75, 3.05) is 11.5 Å². The van der Waals surface area contributed by atoms with Gasteiger partial charge in [0.25, 0.3) is 5.95 Å². The second-order valence-electron chi connectivity index (χ2n) is 3.22. The number of rotatable bonds is 2. The Morgan fingerprint density at radius 1 is 0.944 bits per heavy atom. The van der Waals surface area contributed by atoms with Gasteiger partial charge in [0, 0.05) is 6.07 Å². The summed E-state index contributed by atoms with van der Waals surface area (Å²) in [4.78, 5) is 10.9. The fourth-order valence-electron chi connectivity index (χ4n) is 1.14. The van der Waals surface area contributed by atoms with E-state index in [4.69, 9.17) is 16.6 Å². The number of aromatic hydroxyl groups is 2. The van der Waals surface area contributed by atoms with Crippen LogP contribution >= 0.6 is 0 Å². The van der Waals surface area contributed by atoms with Gasteiger partial charge in [0.2, 0.25) is 11.9 Å². The van der Waals surface area contributed by atoms with Crippen molar-refractivity contribution in [3.63, 3.8) is 0 Å². The average Bonchev–Trinajstić information content (AvgIpc) is 2.26. The van der Waals surface area contributed by atoms with Gasteiger partial charge in [-0.25, -0.2) is 0 Å². The van der Waals surface area contributed by atoms with Gasteiger partial charge in [-0.1, -0.05) is 0 Å². The SMILES string of the molecule is Nc1nc(N)nc(N=Nc2ccc(O)cc2O)n1. The lowest BCUT2D eigenvalue weighted by Crippen LogP contribution is -2.01. The van der Waals surface area contributed by atoms with Crippen molar-refractivity contribution < 1.29 is 10.2 Å². The summed E-state index contributed by atoms with van der Waals surface area (Å²) in [6.45, 7) is 0. The van der Waals surface area contributed by atoms with Crippen LogP contribution in [0.25, 0.3) is 0 Å². The third-order valence-corrected chi connectivity index (χ3v) is 1.86. The Morgan fingerprint density at radius 3 is 2.22 bits per heavy atom. The van der Waals surface area contributed by atoms with E-state index in [1.54, 1.807) is 0 Å². The van der Waals surface area contributed by atoms with E-state index in [1.807, 2.05) is 0 Å². The predicted molar refractivity (Wildman–Crippen MR) is 62.6 cm³/mol. The van der Waals surface area contributed by atoms with Gasteiger partial charge < -0.3 is 21.7 Å². The van der Waals surface area contributed by atoms with Crippen molar-refractivity contribution in [1.29, 1.82) is 0 Å². The van der Waals surface area contributed by atoms with Gasteiger partial charge in [-0.05, 0) is 12.1 Å². The second kappa shape index (κ2) is 4.49. The highest BCUT2D eigenvalue weighted by Gasteiger charge is 2.03. The van der Waals surface area contributed by atoms with Crippen LogP contribution in [0.2, 0.25) is 0 Å². The number of aromatic nitrogens is 3. The molecule has 9 nitrogen and oxygen atoms in total. The molecule has 0 aliphatic rings. The van der Waals surface area contributed by atoms with Crippen molar-refractivity contribution in [3.05, 3.63) is 18.2 Å². The summed E-state index contributed by atoms with van der Waals surface area (Å²) in [7, 11) is 0. The fraction of sp³-hybridized carbons (Fsp3) is 0. The minimum atomic E-state index is -0.228. The van der Waals surface area contributed by atoms with E-state index in [9.17, 15) is 5.11 Å². The first-order valence-corrected chi connectivity index (χ1v) is 4.75. The number of nitrogens with zero attached hydrogens (tertiary/aromatic N) is 5. The molecule has 0 unspecified atom stereocenters. The Kier molecular flexibility index (Phi) is 2.87. The van der Waals surface area contributed by atoms with Gasteiger partial charge in [-0.2, -0.15) is 15.0 Å². The summed E-state index contributed by atoms with van der Waals surface area (Å²) in [6.07, 6.45) is 0. The molecule has 0 bridgehead atoms. The lowest BCUT2D eigenvalue weighted by atomic mass is 10.3. The smallest absolute Gasteiger partial charge is 0.275 e. The Labute approximate surface area is 101 Å². The summed E-state index contributed by atoms with van der Waals surface area (Å²) in [6, 6.07) is 3.86. The van der Waals surface area contributed by atoms with Crippen molar-refractivity contribution in [3.8, 4) is 11.5 Å². The fourth-order valence-corrected chi connectivity index (χ4v) is 1.14. The van der Waals surface area contributed by atoms with Crippen LogP contribution in [0.3, 0.4) is 0 Å². The van der Waals surface area contributed by atoms with Gasteiger partial charge in [0.15, 0.2) is 0 Å². The molecular formula is C9H9N7O2. The number of phenolic OH excluding ortho intramolecular Hbond substituents is 2. The zero-order valence-corrected chi connectivity index (χ0v) is 9.02. The maximum atomic E-state index is 9.46. The number of nitrogens with two attached hydrogens (primary N) is 2. The average molecular weight is 247 g/mol. The lowest BCUT2D eigenvalue weighted by molar-refractivity contribution is 0.451. The molecule has 0 saturated heterocycles. The Hall–Kier alpha value is -2.97. The molecule has 2 aromatic rings. The summed E-state index contributed by atoms with van der Waals surface area (Å²) in [5.74, 6) is -0.543. The van der Waals surface area contributed by atoms with E-state index in [2.05, 4.69) is 25.2 Å². The minimum absolute atomic E-state index is 0.0764. The highest BCUT2D eigenvalue weighted by molar-refractivity contribution is 5.53. The zero-order chi connectivity index (χ0) is 13.1. The Balaban J connectivity index is 2.29. The number of benzene rings is 1. The Morgan fingerprint density at radius 2 is 1.61 bits per heavy atom. The van der Waals surface area contributed by atoms with Crippen LogP contribution in [0.1, 0.15) is 0 Å². The number of nitrogen functional groups attached to an aromatic ring is 2. The first-order valence-electron chi connectivity index (χ1n) is 4.75. The first kappa shape index (κ1) is 11.5. The lowest BCUT2D eigenvalue weighted by Gasteiger charge is -1.98. The summed E-state index contributed by atoms with van der Waals surface area (Å²) < 4.78 is 0. The van der Waals surface area contributed by atoms with Crippen molar-refractivity contribution in [1.82, 2.24) is 15.0 Å². The van der Waals surface area contributed by atoms with Crippen molar-refractivity contribution in [2.45, 2.75) is 0 Å². The molecule has 0 aliphatic heterocycles. The second-order valence-corrected chi connectivity index (χ2v) is 3.22. The zero-order valence-electron chi connectivity index (χ0n) is 9.02. The van der Waals surface area contributed by atoms with E-state index in [0.717, 1.165) is 6.07 Å². The summed E-state index contributed by atoms with van der Waals surface area (Å²) in [5, 5.41) is 25.9. The molecule has 6 N–H and O–H groups in total. The van der Waals surface area contributed by atoms with E-state index in [-0.39, 0.29) is 35.0 Å². The van der Waals surface area contributed by atoms with Crippen LogP contribution in [-0.2, 0) is 0 Å². The number of azo groups is 1. The van der Waals surface area contributed by atoms with Crippen LogP contribution in [-0.4, -0.2) is 25.2 Å². The van der Waals surface area contributed by atoms with Crippen LogP contribution in [0, 0.1) is 0 Å². The molecule has 0 saturated carbocycles. The van der Waals surface area contributed by atoms with Crippen LogP contribution in [0.15, 0.2) is 28.4 Å². The van der Waals surface area contributed by atoms with Crippen LogP contribution in [0.5, 0.6) is 11.5 Å². The standard InChI is InChI=1S/C9H9N7O2/c10-7-12-8(11)14-9(13-7)16-15-5-2-1-4(17)3-6(5)18/h1-3,17-18H,(H4,10,11,12,13,14). The van der Waals surface area contributed by atoms with Gasteiger partial charge >= 0.3 is 0 Å². The molecule has 18 heavy (non-hydrogen) atoms. The molecule has 0 fully saturated rings. The van der Waals surface area contributed by atoms with Gasteiger partial charge in [0.1, 0.15) is 17.2 Å². The predicted octanol–water partition coefficient (Wildman–Crippen LogP) is 0.863. The number of hydrogen-bond donors (Lipinski definition) is 4. The van der Waals surface area contributed by atoms with Gasteiger partial charge in [-0.3, -0.25) is 0 Å². The highest BCUT2D eigenvalue weighted by atomic mass is 16.3. The van der Waals surface area contributed by atoms with Crippen LogP contribution in [0.4, 0.5) is 23.5 Å². The molecule has 1 aromatic heterocycles. The molecule has 0 radical (unpaired) electrons. The highest BCUT2D eigenvalue weighted by Crippen LogP contribution is 2.30. The molecule has 0 amide bonds. The molecular weight excluding hydrogens is 238 g/mol. The molecule has 1 heterocycles. The number of anilines is 2. The molecule has 9 heteroatoms. The van der Waals surface area contributed by atoms with Crippen molar-refractivity contribution in [2.24, 2.45) is 10.2 Å². The van der Waals surface area contributed by atoms with E-state index >= 15 is 0 Å². The van der Waals surface area contributed by atoms with E-state index < -0.39 is 0 Å². The minimum Gasteiger partial charge on any atom is -0.508 e. The molecule has 92 valence electrons. The maximum absolute atomic E-state index is 9.46. The maximum Gasteiger partial charge on any atom is 0.275 e. The first-order chi connectivity index (χ1) is 8.54. The van der Waals surface area contributed by atoms with Crippen LogP contribution < -0.4 is 11.5 Å². The summed E-state index contributed by atoms with van der Waals surface area (Å²) in [5.41, 5.74) is 10.8. The monoisotopic (exact) mass is 247 g/mol. The van der Waals surface area contributed by atoms with E-state index in [1.165, 1.54) is 12.1 Å². The molecule has 2 rings (SSSR count). The van der Waals surface area contributed by atoms with Gasteiger partial charge in [-0.15, -0.1) is 10.2 Å². The number of hydrogen-bond acceptors (Lipinski definition) is 9. The quantitative estimate of drug-likeness (QED) is 0.573. The normalized spacial score (nSPS) is 10.9. The summed E-state index contributed by atoms with van der Waals surface area (Å²) >= 11 is 0. The third kappa shape index (κ3) is 2.58. The third-order valence-electron chi connectivity index (χ3n) is 1.86. The largest absolute Gasteiger partial charge is 0.508 e. The molecule has 0 aliphatic carbocycles.